The number of phenolic OH excluding ortho intramolecular Hbond substituents is 1. The predicted molar refractivity (Wildman–Crippen MR) is 70.0 cm³/mol. The summed E-state index contributed by atoms with van der Waals surface area (Å²) in [5.74, 6) is -0.339. The zero-order chi connectivity index (χ0) is 12.8. The lowest BCUT2D eigenvalue weighted by molar-refractivity contribution is 0.0907. The third-order valence-electron chi connectivity index (χ3n) is 2.08. The Morgan fingerprint density at radius 1 is 1.65 bits per heavy atom. The fourth-order valence-corrected chi connectivity index (χ4v) is 1.83. The summed E-state index contributed by atoms with van der Waals surface area (Å²) in [5.41, 5.74) is 0.244. The molecule has 2 N–H and O–H groups in total. The van der Waals surface area contributed by atoms with Gasteiger partial charge < -0.3 is 15.2 Å². The second-order valence-electron chi connectivity index (χ2n) is 3.44. The number of benzene rings is 1. The molecule has 17 heavy (non-hydrogen) atoms. The maximum Gasteiger partial charge on any atom is 0.253 e. The van der Waals surface area contributed by atoms with E-state index >= 15 is 0 Å². The number of aromatic hydroxyl groups is 1. The molecule has 0 saturated carbocycles. The third kappa shape index (κ3) is 4.18. The van der Waals surface area contributed by atoms with Crippen LogP contribution in [0.25, 0.3) is 0 Å². The number of hydrogen-bond donors (Lipinski definition) is 2. The van der Waals surface area contributed by atoms with Crippen molar-refractivity contribution in [3.05, 3.63) is 28.8 Å². The zero-order valence-corrected chi connectivity index (χ0v) is 11.6. The highest BCUT2D eigenvalue weighted by molar-refractivity contribution is 9.09. The molecule has 0 aromatic heterocycles. The first kappa shape index (κ1) is 14.3. The van der Waals surface area contributed by atoms with Crippen LogP contribution in [0.4, 0.5) is 0 Å². The number of carbonyl (C=O) groups excluding carboxylic acids is 1. The van der Waals surface area contributed by atoms with E-state index in [9.17, 15) is 9.90 Å². The predicted octanol–water partition coefficient (Wildman–Crippen LogP) is 2.19. The second-order valence-corrected chi connectivity index (χ2v) is 4.50. The number of hydrogen-bond acceptors (Lipinski definition) is 3. The van der Waals surface area contributed by atoms with E-state index in [1.165, 1.54) is 18.2 Å². The highest BCUT2D eigenvalue weighted by atomic mass is 79.9. The molecule has 6 heteroatoms. The van der Waals surface area contributed by atoms with E-state index in [1.807, 2.05) is 0 Å². The number of phenols is 1. The Morgan fingerprint density at radius 3 is 2.94 bits per heavy atom. The minimum absolute atomic E-state index is 0.00156. The van der Waals surface area contributed by atoms with Crippen molar-refractivity contribution in [3.8, 4) is 5.75 Å². The van der Waals surface area contributed by atoms with Crippen LogP contribution in [0, 0.1) is 0 Å². The SMILES string of the molecule is COCC(CBr)NC(=O)c1cc(O)ccc1Cl. The van der Waals surface area contributed by atoms with Crippen LogP contribution in [0.1, 0.15) is 10.4 Å². The van der Waals surface area contributed by atoms with Crippen molar-refractivity contribution >= 4 is 33.4 Å². The van der Waals surface area contributed by atoms with Crippen molar-refractivity contribution in [2.24, 2.45) is 0 Å². The number of carbonyl (C=O) groups is 1. The molecule has 1 atom stereocenters. The van der Waals surface area contributed by atoms with Crippen LogP contribution in [0.15, 0.2) is 18.2 Å². The molecule has 0 aliphatic carbocycles. The van der Waals surface area contributed by atoms with E-state index in [1.54, 1.807) is 7.11 Å². The monoisotopic (exact) mass is 321 g/mol. The number of rotatable bonds is 5. The van der Waals surface area contributed by atoms with Gasteiger partial charge in [0.05, 0.1) is 23.2 Å². The summed E-state index contributed by atoms with van der Waals surface area (Å²) in [5, 5.41) is 12.9. The van der Waals surface area contributed by atoms with Crippen molar-refractivity contribution in [1.82, 2.24) is 5.32 Å². The van der Waals surface area contributed by atoms with Gasteiger partial charge in [0.2, 0.25) is 0 Å². The number of halogens is 2. The molecule has 0 fully saturated rings. The highest BCUT2D eigenvalue weighted by Crippen LogP contribution is 2.21. The third-order valence-corrected chi connectivity index (χ3v) is 3.20. The topological polar surface area (TPSA) is 58.6 Å². The number of methoxy groups -OCH3 is 1. The first-order valence-electron chi connectivity index (χ1n) is 4.92. The van der Waals surface area contributed by atoms with Crippen LogP contribution in [-0.2, 0) is 4.74 Å². The van der Waals surface area contributed by atoms with E-state index in [-0.39, 0.29) is 23.3 Å². The van der Waals surface area contributed by atoms with Crippen molar-refractivity contribution in [2.75, 3.05) is 19.0 Å². The first-order valence-corrected chi connectivity index (χ1v) is 6.42. The summed E-state index contributed by atoms with van der Waals surface area (Å²) in [6, 6.07) is 4.09. The van der Waals surface area contributed by atoms with Gasteiger partial charge in [-0.2, -0.15) is 0 Å². The summed E-state index contributed by atoms with van der Waals surface area (Å²) in [4.78, 5) is 11.9. The van der Waals surface area contributed by atoms with Crippen LogP contribution in [0.3, 0.4) is 0 Å². The standard InChI is InChI=1S/C11H13BrClNO3/c1-17-6-7(5-12)14-11(16)9-4-8(15)2-3-10(9)13/h2-4,7,15H,5-6H2,1H3,(H,14,16). The average Bonchev–Trinajstić information content (AvgIpc) is 2.31. The molecular weight excluding hydrogens is 309 g/mol. The lowest BCUT2D eigenvalue weighted by Crippen LogP contribution is -2.39. The Labute approximate surface area is 113 Å². The van der Waals surface area contributed by atoms with Crippen molar-refractivity contribution in [2.45, 2.75) is 6.04 Å². The Morgan fingerprint density at radius 2 is 2.35 bits per heavy atom. The van der Waals surface area contributed by atoms with Gasteiger partial charge in [0.15, 0.2) is 0 Å². The maximum atomic E-state index is 11.9. The highest BCUT2D eigenvalue weighted by Gasteiger charge is 2.15. The lowest BCUT2D eigenvalue weighted by Gasteiger charge is -2.15. The largest absolute Gasteiger partial charge is 0.508 e. The maximum absolute atomic E-state index is 11.9. The van der Waals surface area contributed by atoms with Gasteiger partial charge in [-0.15, -0.1) is 0 Å². The van der Waals surface area contributed by atoms with E-state index in [4.69, 9.17) is 16.3 Å². The van der Waals surface area contributed by atoms with Crippen LogP contribution in [-0.4, -0.2) is 36.1 Å². The summed E-state index contributed by atoms with van der Waals surface area (Å²) < 4.78 is 4.96. The smallest absolute Gasteiger partial charge is 0.253 e. The van der Waals surface area contributed by atoms with Gasteiger partial charge in [0.1, 0.15) is 5.75 Å². The Balaban J connectivity index is 2.78. The van der Waals surface area contributed by atoms with Gasteiger partial charge in [-0.1, -0.05) is 27.5 Å². The summed E-state index contributed by atoms with van der Waals surface area (Å²) >= 11 is 9.15. The van der Waals surface area contributed by atoms with Crippen molar-refractivity contribution < 1.29 is 14.6 Å². The van der Waals surface area contributed by atoms with Gasteiger partial charge >= 0.3 is 0 Å². The van der Waals surface area contributed by atoms with E-state index in [0.717, 1.165) is 0 Å². The average molecular weight is 323 g/mol. The lowest BCUT2D eigenvalue weighted by atomic mass is 10.2. The van der Waals surface area contributed by atoms with Gasteiger partial charge in [0, 0.05) is 12.4 Å². The van der Waals surface area contributed by atoms with Crippen molar-refractivity contribution in [3.63, 3.8) is 0 Å². The number of amides is 1. The number of alkyl halides is 1. The van der Waals surface area contributed by atoms with Crippen LogP contribution < -0.4 is 5.32 Å². The molecule has 0 aliphatic rings. The van der Waals surface area contributed by atoms with Crippen molar-refractivity contribution in [1.29, 1.82) is 0 Å². The fraction of sp³-hybridized carbons (Fsp3) is 0.364. The first-order chi connectivity index (χ1) is 8.08. The molecule has 1 unspecified atom stereocenters. The fourth-order valence-electron chi connectivity index (χ4n) is 1.28. The quantitative estimate of drug-likeness (QED) is 0.817. The normalized spacial score (nSPS) is 12.2. The summed E-state index contributed by atoms with van der Waals surface area (Å²) in [7, 11) is 1.56. The van der Waals surface area contributed by atoms with E-state index in [0.29, 0.717) is 17.0 Å². The zero-order valence-electron chi connectivity index (χ0n) is 9.24. The molecular formula is C11H13BrClNO3. The molecule has 94 valence electrons. The van der Waals surface area contributed by atoms with E-state index in [2.05, 4.69) is 21.2 Å². The Kier molecular flexibility index (Phi) is 5.74. The molecule has 1 rings (SSSR count). The molecule has 0 heterocycles. The number of ether oxygens (including phenoxy) is 1. The van der Waals surface area contributed by atoms with Gasteiger partial charge in [-0.3, -0.25) is 4.79 Å². The summed E-state index contributed by atoms with van der Waals surface area (Å²) in [6.07, 6.45) is 0. The molecule has 1 aromatic rings. The molecule has 0 saturated heterocycles. The Hall–Kier alpha value is -0.780. The Bertz CT molecular complexity index is 400. The molecule has 1 aromatic carbocycles. The van der Waals surface area contributed by atoms with Crippen LogP contribution >= 0.6 is 27.5 Å². The van der Waals surface area contributed by atoms with Gasteiger partial charge in [0.25, 0.3) is 5.91 Å². The van der Waals surface area contributed by atoms with Gasteiger partial charge in [-0.05, 0) is 18.2 Å². The molecule has 4 nitrogen and oxygen atoms in total. The summed E-state index contributed by atoms with van der Waals surface area (Å²) in [6.45, 7) is 0.396. The minimum Gasteiger partial charge on any atom is -0.508 e. The van der Waals surface area contributed by atoms with E-state index < -0.39 is 0 Å². The minimum atomic E-state index is -0.340. The molecule has 1 amide bonds. The molecule has 0 radical (unpaired) electrons. The molecule has 0 spiro atoms. The molecule has 0 aliphatic heterocycles. The number of nitrogens with one attached hydrogen (secondary N) is 1. The van der Waals surface area contributed by atoms with Crippen LogP contribution in [0.5, 0.6) is 5.75 Å². The second kappa shape index (κ2) is 6.83. The van der Waals surface area contributed by atoms with Crippen LogP contribution in [0.2, 0.25) is 5.02 Å². The molecule has 0 bridgehead atoms. The van der Waals surface area contributed by atoms with Gasteiger partial charge in [-0.25, -0.2) is 0 Å².